The van der Waals surface area contributed by atoms with Crippen LogP contribution in [-0.2, 0) is 4.74 Å². The van der Waals surface area contributed by atoms with Crippen molar-refractivity contribution in [3.63, 3.8) is 0 Å². The minimum Gasteiger partial charge on any atom is -0.484 e. The van der Waals surface area contributed by atoms with Crippen molar-refractivity contribution < 1.29 is 32.5 Å². The van der Waals surface area contributed by atoms with E-state index < -0.39 is 30.4 Å². The molecule has 0 amide bonds. The summed E-state index contributed by atoms with van der Waals surface area (Å²) in [6, 6.07) is 5.49. The van der Waals surface area contributed by atoms with Crippen LogP contribution in [0, 0.1) is 0 Å². The number of aliphatic hydroxyl groups excluding tert-OH is 1. The maximum absolute atomic E-state index is 12.2. The van der Waals surface area contributed by atoms with Crippen LogP contribution in [0.1, 0.15) is 6.42 Å². The van der Waals surface area contributed by atoms with Crippen LogP contribution >= 0.6 is 0 Å². The number of aliphatic hydroxyl groups is 1. The number of halogens is 3. The predicted octanol–water partition coefficient (Wildman–Crippen LogP) is 2.11. The number of ether oxygens (including phenoxy) is 3. The fraction of sp³-hybridized carbons (Fsp3) is 0.500. The standard InChI is InChI=1S/C12H13F3O4/c1-17-11-7(16)6-10(11)18-8-4-2-3-5-9(8)19-12(13,14)15/h2-5,7,10-11,16H,6H2,1H3. The summed E-state index contributed by atoms with van der Waals surface area (Å²) in [4.78, 5) is 0. The van der Waals surface area contributed by atoms with Crippen LogP contribution in [0.4, 0.5) is 13.2 Å². The number of rotatable bonds is 4. The van der Waals surface area contributed by atoms with E-state index in [4.69, 9.17) is 9.47 Å². The van der Waals surface area contributed by atoms with Gasteiger partial charge in [-0.15, -0.1) is 13.2 Å². The second kappa shape index (κ2) is 5.26. The molecule has 1 aliphatic rings. The van der Waals surface area contributed by atoms with Crippen LogP contribution in [0.15, 0.2) is 24.3 Å². The minimum atomic E-state index is -4.78. The average molecular weight is 278 g/mol. The lowest BCUT2D eigenvalue weighted by Crippen LogP contribution is -2.54. The fourth-order valence-electron chi connectivity index (χ4n) is 1.90. The van der Waals surface area contributed by atoms with E-state index in [1.807, 2.05) is 0 Å². The molecule has 1 aromatic rings. The third-order valence-electron chi connectivity index (χ3n) is 2.84. The molecular weight excluding hydrogens is 265 g/mol. The van der Waals surface area contributed by atoms with Gasteiger partial charge in [0.15, 0.2) is 11.5 Å². The molecule has 3 unspecified atom stereocenters. The zero-order valence-electron chi connectivity index (χ0n) is 10.1. The number of methoxy groups -OCH3 is 1. The molecule has 4 nitrogen and oxygen atoms in total. The summed E-state index contributed by atoms with van der Waals surface area (Å²) >= 11 is 0. The molecule has 0 spiro atoms. The highest BCUT2D eigenvalue weighted by molar-refractivity contribution is 5.40. The molecule has 2 rings (SSSR count). The molecule has 1 aromatic carbocycles. The van der Waals surface area contributed by atoms with Gasteiger partial charge >= 0.3 is 6.36 Å². The van der Waals surface area contributed by atoms with Crippen LogP contribution in [0.2, 0.25) is 0 Å². The average Bonchev–Trinajstić information content (AvgIpc) is 2.29. The highest BCUT2D eigenvalue weighted by atomic mass is 19.4. The van der Waals surface area contributed by atoms with Crippen molar-refractivity contribution in [1.29, 1.82) is 0 Å². The van der Waals surface area contributed by atoms with Crippen molar-refractivity contribution in [2.24, 2.45) is 0 Å². The Morgan fingerprint density at radius 1 is 1.21 bits per heavy atom. The van der Waals surface area contributed by atoms with E-state index in [-0.39, 0.29) is 5.75 Å². The molecule has 1 N–H and O–H groups in total. The van der Waals surface area contributed by atoms with Gasteiger partial charge in [0.2, 0.25) is 0 Å². The predicted molar refractivity (Wildman–Crippen MR) is 59.0 cm³/mol. The van der Waals surface area contributed by atoms with Crippen molar-refractivity contribution in [3.05, 3.63) is 24.3 Å². The van der Waals surface area contributed by atoms with Gasteiger partial charge in [-0.2, -0.15) is 0 Å². The molecule has 19 heavy (non-hydrogen) atoms. The van der Waals surface area contributed by atoms with Gasteiger partial charge < -0.3 is 19.3 Å². The summed E-state index contributed by atoms with van der Waals surface area (Å²) in [6.07, 6.45) is -6.17. The third kappa shape index (κ3) is 3.30. The first-order chi connectivity index (χ1) is 8.90. The maximum Gasteiger partial charge on any atom is 0.573 e. The molecule has 0 heterocycles. The lowest BCUT2D eigenvalue weighted by molar-refractivity contribution is -0.275. The Bertz CT molecular complexity index is 435. The van der Waals surface area contributed by atoms with Crippen LogP contribution < -0.4 is 9.47 Å². The van der Waals surface area contributed by atoms with Gasteiger partial charge in [-0.25, -0.2) is 0 Å². The first kappa shape index (κ1) is 14.0. The van der Waals surface area contributed by atoms with Crippen LogP contribution in [0.25, 0.3) is 0 Å². The van der Waals surface area contributed by atoms with Gasteiger partial charge in [0.25, 0.3) is 0 Å². The molecule has 7 heteroatoms. The zero-order chi connectivity index (χ0) is 14.0. The van der Waals surface area contributed by atoms with Crippen LogP contribution in [0.5, 0.6) is 11.5 Å². The Hall–Kier alpha value is -1.47. The molecule has 1 fully saturated rings. The normalized spacial score (nSPS) is 26.7. The summed E-state index contributed by atoms with van der Waals surface area (Å²) in [7, 11) is 1.40. The molecule has 1 saturated carbocycles. The number of benzene rings is 1. The van der Waals surface area contributed by atoms with Gasteiger partial charge in [0.1, 0.15) is 12.2 Å². The summed E-state index contributed by atoms with van der Waals surface area (Å²) in [5, 5.41) is 9.40. The summed E-state index contributed by atoms with van der Waals surface area (Å²) in [5.41, 5.74) is 0. The van der Waals surface area contributed by atoms with E-state index in [0.717, 1.165) is 0 Å². The van der Waals surface area contributed by atoms with Gasteiger partial charge in [-0.05, 0) is 12.1 Å². The van der Waals surface area contributed by atoms with Crippen LogP contribution in [0.3, 0.4) is 0 Å². The SMILES string of the molecule is COC1C(O)CC1Oc1ccccc1OC(F)(F)F. The molecule has 0 saturated heterocycles. The number of hydrogen-bond acceptors (Lipinski definition) is 4. The van der Waals surface area contributed by atoms with Crippen molar-refractivity contribution in [2.45, 2.75) is 31.1 Å². The molecule has 3 atom stereocenters. The lowest BCUT2D eigenvalue weighted by atomic mass is 9.88. The fourth-order valence-corrected chi connectivity index (χ4v) is 1.90. The van der Waals surface area contributed by atoms with E-state index in [0.29, 0.717) is 6.42 Å². The molecular formula is C12H13F3O4. The molecule has 0 aliphatic heterocycles. The summed E-state index contributed by atoms with van der Waals surface area (Å²) in [6.45, 7) is 0. The Labute approximate surface area is 107 Å². The van der Waals surface area contributed by atoms with Gasteiger partial charge in [0, 0.05) is 13.5 Å². The van der Waals surface area contributed by atoms with Crippen molar-refractivity contribution >= 4 is 0 Å². The van der Waals surface area contributed by atoms with Crippen molar-refractivity contribution in [3.8, 4) is 11.5 Å². The molecule has 1 aliphatic carbocycles. The van der Waals surface area contributed by atoms with E-state index in [9.17, 15) is 18.3 Å². The Kier molecular flexibility index (Phi) is 3.86. The minimum absolute atomic E-state index is 0.0289. The van der Waals surface area contributed by atoms with Crippen molar-refractivity contribution in [1.82, 2.24) is 0 Å². The van der Waals surface area contributed by atoms with E-state index >= 15 is 0 Å². The number of para-hydroxylation sites is 2. The first-order valence-electron chi connectivity index (χ1n) is 5.63. The topological polar surface area (TPSA) is 47.9 Å². The number of hydrogen-bond donors (Lipinski definition) is 1. The van der Waals surface area contributed by atoms with Crippen molar-refractivity contribution in [2.75, 3.05) is 7.11 Å². The molecule has 106 valence electrons. The highest BCUT2D eigenvalue weighted by Gasteiger charge is 2.43. The zero-order valence-corrected chi connectivity index (χ0v) is 10.1. The molecule has 0 bridgehead atoms. The van der Waals surface area contributed by atoms with E-state index in [1.165, 1.54) is 31.4 Å². The lowest BCUT2D eigenvalue weighted by Gasteiger charge is -2.40. The highest BCUT2D eigenvalue weighted by Crippen LogP contribution is 2.36. The Balaban J connectivity index is 2.08. The Morgan fingerprint density at radius 2 is 1.84 bits per heavy atom. The second-order valence-electron chi connectivity index (χ2n) is 4.15. The first-order valence-corrected chi connectivity index (χ1v) is 5.63. The van der Waals surface area contributed by atoms with E-state index in [1.54, 1.807) is 0 Å². The largest absolute Gasteiger partial charge is 0.573 e. The second-order valence-corrected chi connectivity index (χ2v) is 4.15. The van der Waals surface area contributed by atoms with Gasteiger partial charge in [-0.1, -0.05) is 12.1 Å². The van der Waals surface area contributed by atoms with Gasteiger partial charge in [-0.3, -0.25) is 0 Å². The monoisotopic (exact) mass is 278 g/mol. The van der Waals surface area contributed by atoms with Gasteiger partial charge in [0.05, 0.1) is 6.10 Å². The summed E-state index contributed by atoms with van der Waals surface area (Å²) < 4.78 is 50.9. The van der Waals surface area contributed by atoms with E-state index in [2.05, 4.69) is 4.74 Å². The third-order valence-corrected chi connectivity index (χ3v) is 2.84. The Morgan fingerprint density at radius 3 is 2.37 bits per heavy atom. The van der Waals surface area contributed by atoms with Crippen LogP contribution in [-0.4, -0.2) is 36.9 Å². The quantitative estimate of drug-likeness (QED) is 0.916. The number of alkyl halides is 3. The summed E-state index contributed by atoms with van der Waals surface area (Å²) in [5.74, 6) is -0.440. The maximum atomic E-state index is 12.2. The molecule has 0 aromatic heterocycles. The molecule has 0 radical (unpaired) electrons. The smallest absolute Gasteiger partial charge is 0.484 e.